The second-order valence-corrected chi connectivity index (χ2v) is 7.80. The molecule has 0 saturated carbocycles. The van der Waals surface area contributed by atoms with Crippen LogP contribution < -0.4 is 5.43 Å². The lowest BCUT2D eigenvalue weighted by Crippen LogP contribution is -2.20. The zero-order chi connectivity index (χ0) is 22.2. The van der Waals surface area contributed by atoms with E-state index in [9.17, 15) is 14.4 Å². The first-order chi connectivity index (χ1) is 15.5. The van der Waals surface area contributed by atoms with Gasteiger partial charge in [-0.2, -0.15) is 0 Å². The van der Waals surface area contributed by atoms with Crippen LogP contribution in [0.3, 0.4) is 0 Å². The number of pyridine rings is 1. The molecule has 0 spiro atoms. The number of benzene rings is 4. The lowest BCUT2D eigenvalue weighted by molar-refractivity contribution is 0.0979. The average molecular weight is 417 g/mol. The van der Waals surface area contributed by atoms with E-state index in [2.05, 4.69) is 4.98 Å². The van der Waals surface area contributed by atoms with Crippen molar-refractivity contribution in [2.24, 2.45) is 0 Å². The van der Waals surface area contributed by atoms with Crippen molar-refractivity contribution < 1.29 is 9.59 Å². The van der Waals surface area contributed by atoms with Crippen molar-refractivity contribution in [3.63, 3.8) is 0 Å². The molecule has 0 unspecified atom stereocenters. The van der Waals surface area contributed by atoms with Gasteiger partial charge in [-0.3, -0.25) is 14.4 Å². The van der Waals surface area contributed by atoms with Gasteiger partial charge in [0.05, 0.1) is 0 Å². The molecule has 154 valence electrons. The number of aryl methyl sites for hydroxylation is 1. The fraction of sp³-hybridized carbons (Fsp3) is 0.0357. The molecule has 6 rings (SSSR count). The molecule has 1 aromatic heterocycles. The molecular weight excluding hydrogens is 398 g/mol. The first-order valence-corrected chi connectivity index (χ1v) is 10.3. The number of carbonyl (C=O) groups is 2. The van der Waals surface area contributed by atoms with E-state index in [1.165, 1.54) is 0 Å². The van der Waals surface area contributed by atoms with Crippen LogP contribution in [0, 0.1) is 6.92 Å². The number of rotatable bonds is 0. The normalized spacial score (nSPS) is 12.2. The number of aromatic nitrogens is 1. The van der Waals surface area contributed by atoms with Crippen molar-refractivity contribution in [2.75, 3.05) is 0 Å². The summed E-state index contributed by atoms with van der Waals surface area (Å²) in [6, 6.07) is 27.5. The second-order valence-electron chi connectivity index (χ2n) is 7.80. The van der Waals surface area contributed by atoms with Crippen LogP contribution in [0.1, 0.15) is 37.4 Å². The largest absolute Gasteiger partial charge is 0.354 e. The summed E-state index contributed by atoms with van der Waals surface area (Å²) in [6.07, 6.45) is 0. The summed E-state index contributed by atoms with van der Waals surface area (Å²) in [7, 11) is 0. The number of hydrogen-bond acceptors (Lipinski definition) is 3. The van der Waals surface area contributed by atoms with Crippen LogP contribution in [-0.4, -0.2) is 16.6 Å². The average Bonchev–Trinajstić information content (AvgIpc) is 2.83. The van der Waals surface area contributed by atoms with Gasteiger partial charge in [-0.1, -0.05) is 66.2 Å². The smallest absolute Gasteiger partial charge is 0.197 e. The maximum Gasteiger partial charge on any atom is 0.197 e. The molecule has 5 aromatic rings. The SMILES string of the molecule is Cc1ccc2c(c1)C(=O)c1ccccc1C2=O.O=c1c2ccccc2[nH]c2ccccc12. The predicted octanol–water partition coefficient (Wildman–Crippen LogP) is 5.45. The first-order valence-electron chi connectivity index (χ1n) is 10.3. The van der Waals surface area contributed by atoms with Crippen molar-refractivity contribution in [1.29, 1.82) is 0 Å². The van der Waals surface area contributed by atoms with Crippen LogP contribution in [-0.2, 0) is 0 Å². The fourth-order valence-electron chi connectivity index (χ4n) is 4.08. The minimum Gasteiger partial charge on any atom is -0.354 e. The number of ketones is 2. The van der Waals surface area contributed by atoms with Crippen molar-refractivity contribution >= 4 is 33.4 Å². The third kappa shape index (κ3) is 3.22. The number of hydrogen-bond donors (Lipinski definition) is 1. The third-order valence-electron chi connectivity index (χ3n) is 5.69. The number of para-hydroxylation sites is 2. The lowest BCUT2D eigenvalue weighted by Gasteiger charge is -2.17. The molecule has 0 radical (unpaired) electrons. The Balaban J connectivity index is 0.000000136. The second kappa shape index (κ2) is 7.75. The van der Waals surface area contributed by atoms with Crippen molar-refractivity contribution in [2.45, 2.75) is 6.92 Å². The summed E-state index contributed by atoms with van der Waals surface area (Å²) in [5, 5.41) is 1.49. The minimum atomic E-state index is -0.0600. The Labute approximate surface area is 184 Å². The number of nitrogens with one attached hydrogen (secondary N) is 1. The Bertz CT molecular complexity index is 1540. The highest BCUT2D eigenvalue weighted by Crippen LogP contribution is 2.27. The van der Waals surface area contributed by atoms with Gasteiger partial charge in [-0.05, 0) is 37.3 Å². The van der Waals surface area contributed by atoms with Gasteiger partial charge in [-0.25, -0.2) is 0 Å². The zero-order valence-electron chi connectivity index (χ0n) is 17.4. The van der Waals surface area contributed by atoms with Crippen molar-refractivity contribution in [3.05, 3.63) is 129 Å². The molecule has 0 amide bonds. The molecule has 0 bridgehead atoms. The number of aromatic amines is 1. The van der Waals surface area contributed by atoms with Crippen LogP contribution in [0.15, 0.2) is 95.8 Å². The molecule has 4 heteroatoms. The molecule has 4 nitrogen and oxygen atoms in total. The molecule has 0 aliphatic heterocycles. The lowest BCUT2D eigenvalue weighted by atomic mass is 9.83. The molecule has 1 N–H and O–H groups in total. The monoisotopic (exact) mass is 417 g/mol. The standard InChI is InChI=1S/C15H10O2.C13H9NO/c1-9-6-7-12-13(8-9)15(17)11-5-3-2-4-10(11)14(12)16;15-13-9-5-1-3-7-11(9)14-12-8-4-2-6-10(12)13/h2-8H,1H3;1-8H,(H,14,15). The van der Waals surface area contributed by atoms with Gasteiger partial charge in [0.1, 0.15) is 0 Å². The molecule has 0 atom stereocenters. The predicted molar refractivity (Wildman–Crippen MR) is 127 cm³/mol. The number of fused-ring (bicyclic) bond motifs is 4. The van der Waals surface area contributed by atoms with Crippen LogP contribution in [0.4, 0.5) is 0 Å². The Kier molecular flexibility index (Phi) is 4.75. The molecule has 1 aliphatic rings. The van der Waals surface area contributed by atoms with E-state index >= 15 is 0 Å². The third-order valence-corrected chi connectivity index (χ3v) is 5.69. The Hall–Kier alpha value is -4.31. The quantitative estimate of drug-likeness (QED) is 0.334. The molecule has 4 aromatic carbocycles. The Morgan fingerprint density at radius 3 is 1.59 bits per heavy atom. The van der Waals surface area contributed by atoms with Crippen LogP contribution in [0.2, 0.25) is 0 Å². The highest BCUT2D eigenvalue weighted by molar-refractivity contribution is 6.28. The van der Waals surface area contributed by atoms with Crippen molar-refractivity contribution in [3.8, 4) is 0 Å². The molecule has 1 heterocycles. The summed E-state index contributed by atoms with van der Waals surface area (Å²) in [6.45, 7) is 1.92. The van der Waals surface area contributed by atoms with Gasteiger partial charge >= 0.3 is 0 Å². The molecule has 0 fully saturated rings. The summed E-state index contributed by atoms with van der Waals surface area (Å²) in [5.41, 5.74) is 4.92. The molecular formula is C28H19NO3. The maximum atomic E-state index is 12.3. The fourth-order valence-corrected chi connectivity index (χ4v) is 4.08. The van der Waals surface area contributed by atoms with Crippen LogP contribution in [0.25, 0.3) is 21.8 Å². The van der Waals surface area contributed by atoms with Gasteiger partial charge in [0, 0.05) is 44.1 Å². The van der Waals surface area contributed by atoms with E-state index in [4.69, 9.17) is 0 Å². The van der Waals surface area contributed by atoms with Crippen LogP contribution >= 0.6 is 0 Å². The first kappa shape index (κ1) is 19.6. The van der Waals surface area contributed by atoms with Gasteiger partial charge in [0.15, 0.2) is 17.0 Å². The maximum absolute atomic E-state index is 12.3. The Morgan fingerprint density at radius 1 is 0.531 bits per heavy atom. The van der Waals surface area contributed by atoms with Gasteiger partial charge in [0.2, 0.25) is 0 Å². The molecule has 32 heavy (non-hydrogen) atoms. The highest BCUT2D eigenvalue weighted by Gasteiger charge is 2.28. The summed E-state index contributed by atoms with van der Waals surface area (Å²) in [4.78, 5) is 39.8. The number of H-pyrrole nitrogens is 1. The summed E-state index contributed by atoms with van der Waals surface area (Å²) < 4.78 is 0. The summed E-state index contributed by atoms with van der Waals surface area (Å²) >= 11 is 0. The van der Waals surface area contributed by atoms with E-state index in [-0.39, 0.29) is 17.0 Å². The molecule has 1 aliphatic carbocycles. The summed E-state index contributed by atoms with van der Waals surface area (Å²) in [5.74, 6) is -0.117. The van der Waals surface area contributed by atoms with Gasteiger partial charge in [0.25, 0.3) is 0 Å². The topological polar surface area (TPSA) is 67.0 Å². The van der Waals surface area contributed by atoms with E-state index in [1.807, 2.05) is 61.5 Å². The van der Waals surface area contributed by atoms with Crippen molar-refractivity contribution in [1.82, 2.24) is 4.98 Å². The van der Waals surface area contributed by atoms with E-state index < -0.39 is 0 Å². The zero-order valence-corrected chi connectivity index (χ0v) is 17.4. The van der Waals surface area contributed by atoms with Crippen LogP contribution in [0.5, 0.6) is 0 Å². The molecule has 0 saturated heterocycles. The number of carbonyl (C=O) groups excluding carboxylic acids is 2. The Morgan fingerprint density at radius 2 is 1.00 bits per heavy atom. The van der Waals surface area contributed by atoms with E-state index in [0.717, 1.165) is 27.4 Å². The van der Waals surface area contributed by atoms with Gasteiger partial charge in [-0.15, -0.1) is 0 Å². The van der Waals surface area contributed by atoms with Gasteiger partial charge < -0.3 is 4.98 Å². The van der Waals surface area contributed by atoms with E-state index in [0.29, 0.717) is 22.3 Å². The minimum absolute atomic E-state index is 0.0566. The highest BCUT2D eigenvalue weighted by atomic mass is 16.1. The van der Waals surface area contributed by atoms with E-state index in [1.54, 1.807) is 36.4 Å².